The molecule has 0 radical (unpaired) electrons. The molecule has 0 spiro atoms. The van der Waals surface area contributed by atoms with Gasteiger partial charge in [0.25, 0.3) is 0 Å². The minimum absolute atomic E-state index is 0.964. The fourth-order valence-corrected chi connectivity index (χ4v) is 7.24. The first kappa shape index (κ1) is 25.7. The Morgan fingerprint density at radius 1 is 0.511 bits per heavy atom. The zero-order valence-corrected chi connectivity index (χ0v) is 25.1. The third kappa shape index (κ3) is 3.84. The standard InChI is InChI=1S/C42H29N3/c1-26-11-6-7-14-30(26)31-20-23-39-40(27(31)2)36-25-28(18-22-38(36)45(39)29-12-4-3-5-13-29)37-21-19-35-33-17-10-24-43-41(33)32-15-8-9-16-34(32)42(35)44-37/h3-25H,1-2H3. The smallest absolute Gasteiger partial charge is 0.0795 e. The van der Waals surface area contributed by atoms with Gasteiger partial charge < -0.3 is 4.57 Å². The van der Waals surface area contributed by atoms with Crippen LogP contribution >= 0.6 is 0 Å². The molecule has 0 fully saturated rings. The molecular formula is C42H29N3. The van der Waals surface area contributed by atoms with Gasteiger partial charge in [0, 0.05) is 49.8 Å². The van der Waals surface area contributed by atoms with Gasteiger partial charge in [-0.2, -0.15) is 0 Å². The molecule has 0 unspecified atom stereocenters. The van der Waals surface area contributed by atoms with Crippen LogP contribution in [0.3, 0.4) is 0 Å². The molecule has 0 amide bonds. The number of rotatable bonds is 3. The van der Waals surface area contributed by atoms with E-state index in [1.54, 1.807) is 0 Å². The number of aromatic nitrogens is 3. The van der Waals surface area contributed by atoms with Crippen molar-refractivity contribution in [2.75, 3.05) is 0 Å². The Labute approximate surface area is 261 Å². The lowest BCUT2D eigenvalue weighted by Gasteiger charge is -2.12. The Kier molecular flexibility index (Phi) is 5.63. The first-order valence-corrected chi connectivity index (χ1v) is 15.4. The number of fused-ring (bicyclic) bond motifs is 9. The van der Waals surface area contributed by atoms with Crippen LogP contribution in [0.1, 0.15) is 11.1 Å². The van der Waals surface area contributed by atoms with E-state index in [1.807, 2.05) is 12.3 Å². The van der Waals surface area contributed by atoms with Crippen molar-refractivity contribution in [1.29, 1.82) is 0 Å². The van der Waals surface area contributed by atoms with Gasteiger partial charge in [-0.3, -0.25) is 4.98 Å². The van der Waals surface area contributed by atoms with Gasteiger partial charge in [-0.05, 0) is 84.6 Å². The summed E-state index contributed by atoms with van der Waals surface area (Å²) in [6.45, 7) is 4.46. The molecule has 9 aromatic rings. The summed E-state index contributed by atoms with van der Waals surface area (Å²) in [7, 11) is 0. The van der Waals surface area contributed by atoms with Crippen molar-refractivity contribution in [3.8, 4) is 28.1 Å². The van der Waals surface area contributed by atoms with Crippen LogP contribution in [-0.4, -0.2) is 14.5 Å². The number of aryl methyl sites for hydroxylation is 2. The van der Waals surface area contributed by atoms with Crippen LogP contribution in [0, 0.1) is 13.8 Å². The minimum atomic E-state index is 0.964. The van der Waals surface area contributed by atoms with E-state index >= 15 is 0 Å². The van der Waals surface area contributed by atoms with E-state index < -0.39 is 0 Å². The van der Waals surface area contributed by atoms with Crippen molar-refractivity contribution >= 4 is 54.4 Å². The molecule has 3 nitrogen and oxygen atoms in total. The van der Waals surface area contributed by atoms with Gasteiger partial charge in [-0.15, -0.1) is 0 Å². The molecule has 3 heterocycles. The highest BCUT2D eigenvalue weighted by molar-refractivity contribution is 6.23. The number of pyridine rings is 2. The number of para-hydroxylation sites is 1. The number of hydrogen-bond donors (Lipinski definition) is 0. The van der Waals surface area contributed by atoms with Gasteiger partial charge in [-0.1, -0.05) is 84.9 Å². The second kappa shape index (κ2) is 9.87. The molecule has 9 rings (SSSR count). The van der Waals surface area contributed by atoms with Crippen molar-refractivity contribution in [2.45, 2.75) is 13.8 Å². The summed E-state index contributed by atoms with van der Waals surface area (Å²) in [5, 5.41) is 7.02. The first-order valence-electron chi connectivity index (χ1n) is 15.4. The van der Waals surface area contributed by atoms with E-state index in [4.69, 9.17) is 9.97 Å². The lowest BCUT2D eigenvalue weighted by molar-refractivity contribution is 1.18. The predicted octanol–water partition coefficient (Wildman–Crippen LogP) is 11.0. The summed E-state index contributed by atoms with van der Waals surface area (Å²) in [6, 6.07) is 47.7. The molecule has 0 saturated carbocycles. The Balaban J connectivity index is 1.33. The van der Waals surface area contributed by atoms with Crippen LogP contribution in [0.25, 0.3) is 82.5 Å². The van der Waals surface area contributed by atoms with Gasteiger partial charge >= 0.3 is 0 Å². The molecule has 45 heavy (non-hydrogen) atoms. The molecule has 0 N–H and O–H groups in total. The van der Waals surface area contributed by atoms with Crippen molar-refractivity contribution in [1.82, 2.24) is 14.5 Å². The zero-order valence-electron chi connectivity index (χ0n) is 25.1. The number of nitrogens with zero attached hydrogens (tertiary/aromatic N) is 3. The summed E-state index contributed by atoms with van der Waals surface area (Å²) in [5.41, 5.74) is 12.8. The maximum Gasteiger partial charge on any atom is 0.0795 e. The average molecular weight is 576 g/mol. The highest BCUT2D eigenvalue weighted by Gasteiger charge is 2.19. The van der Waals surface area contributed by atoms with Gasteiger partial charge in [0.15, 0.2) is 0 Å². The second-order valence-corrected chi connectivity index (χ2v) is 11.9. The third-order valence-corrected chi connectivity index (χ3v) is 9.37. The van der Waals surface area contributed by atoms with Crippen molar-refractivity contribution < 1.29 is 0 Å². The molecule has 0 bridgehead atoms. The molecule has 212 valence electrons. The maximum absolute atomic E-state index is 5.34. The van der Waals surface area contributed by atoms with Crippen molar-refractivity contribution in [3.63, 3.8) is 0 Å². The fourth-order valence-electron chi connectivity index (χ4n) is 7.24. The lowest BCUT2D eigenvalue weighted by atomic mass is 9.93. The van der Waals surface area contributed by atoms with Crippen LogP contribution in [0.15, 0.2) is 140 Å². The zero-order chi connectivity index (χ0) is 30.1. The average Bonchev–Trinajstić information content (AvgIpc) is 3.43. The van der Waals surface area contributed by atoms with Crippen LogP contribution in [0.2, 0.25) is 0 Å². The van der Waals surface area contributed by atoms with E-state index in [0.29, 0.717) is 0 Å². The van der Waals surface area contributed by atoms with E-state index in [1.165, 1.54) is 44.1 Å². The summed E-state index contributed by atoms with van der Waals surface area (Å²) in [5.74, 6) is 0. The van der Waals surface area contributed by atoms with Crippen LogP contribution in [0.4, 0.5) is 0 Å². The van der Waals surface area contributed by atoms with E-state index in [9.17, 15) is 0 Å². The molecule has 6 aromatic carbocycles. The van der Waals surface area contributed by atoms with Gasteiger partial charge in [0.1, 0.15) is 0 Å². The fraction of sp³-hybridized carbons (Fsp3) is 0.0476. The largest absolute Gasteiger partial charge is 0.309 e. The van der Waals surface area contributed by atoms with Crippen LogP contribution in [-0.2, 0) is 0 Å². The highest BCUT2D eigenvalue weighted by atomic mass is 15.0. The normalized spacial score (nSPS) is 11.8. The lowest BCUT2D eigenvalue weighted by Crippen LogP contribution is -1.94. The Morgan fingerprint density at radius 3 is 2.02 bits per heavy atom. The predicted molar refractivity (Wildman–Crippen MR) is 189 cm³/mol. The topological polar surface area (TPSA) is 30.7 Å². The summed E-state index contributed by atoms with van der Waals surface area (Å²) >= 11 is 0. The SMILES string of the molecule is Cc1ccccc1-c1ccc2c(c1C)c1cc(-c3ccc4c5cccnc5c5ccccc5c4n3)ccc1n2-c1ccccc1. The quantitative estimate of drug-likeness (QED) is 0.196. The molecule has 0 aliphatic carbocycles. The Hall–Kier alpha value is -5.80. The molecule has 3 aromatic heterocycles. The molecule has 0 aliphatic rings. The monoisotopic (exact) mass is 575 g/mol. The van der Waals surface area contributed by atoms with E-state index in [0.717, 1.165) is 49.5 Å². The second-order valence-electron chi connectivity index (χ2n) is 11.9. The molecule has 3 heteroatoms. The van der Waals surface area contributed by atoms with Crippen LogP contribution in [0.5, 0.6) is 0 Å². The summed E-state index contributed by atoms with van der Waals surface area (Å²) in [6.07, 6.45) is 1.87. The highest BCUT2D eigenvalue weighted by Crippen LogP contribution is 2.41. The Bertz CT molecular complexity index is 2580. The number of benzene rings is 6. The minimum Gasteiger partial charge on any atom is -0.309 e. The first-order chi connectivity index (χ1) is 22.2. The van der Waals surface area contributed by atoms with Gasteiger partial charge in [0.2, 0.25) is 0 Å². The van der Waals surface area contributed by atoms with E-state index in [2.05, 4.69) is 146 Å². The van der Waals surface area contributed by atoms with Crippen molar-refractivity contribution in [2.24, 2.45) is 0 Å². The maximum atomic E-state index is 5.34. The van der Waals surface area contributed by atoms with Gasteiger partial charge in [0.05, 0.1) is 27.8 Å². The molecule has 0 atom stereocenters. The van der Waals surface area contributed by atoms with E-state index in [-0.39, 0.29) is 0 Å². The molecular weight excluding hydrogens is 546 g/mol. The van der Waals surface area contributed by atoms with Crippen LogP contribution < -0.4 is 0 Å². The third-order valence-electron chi connectivity index (χ3n) is 9.37. The Morgan fingerprint density at radius 2 is 1.20 bits per heavy atom. The van der Waals surface area contributed by atoms with Gasteiger partial charge in [-0.25, -0.2) is 4.98 Å². The summed E-state index contributed by atoms with van der Waals surface area (Å²) in [4.78, 5) is 10.1. The van der Waals surface area contributed by atoms with Crippen molar-refractivity contribution in [3.05, 3.63) is 151 Å². The molecule has 0 saturated heterocycles. The molecule has 0 aliphatic heterocycles. The summed E-state index contributed by atoms with van der Waals surface area (Å²) < 4.78 is 2.39. The number of hydrogen-bond acceptors (Lipinski definition) is 2.